The van der Waals surface area contributed by atoms with Crippen LogP contribution in [0, 0.1) is 6.92 Å². The molecule has 140 valence electrons. The second-order valence-corrected chi connectivity index (χ2v) is 6.22. The Morgan fingerprint density at radius 3 is 2.69 bits per heavy atom. The van der Waals surface area contributed by atoms with Crippen LogP contribution in [0.5, 0.6) is 5.75 Å². The summed E-state index contributed by atoms with van der Waals surface area (Å²) < 4.78 is 48.0. The first-order valence-corrected chi connectivity index (χ1v) is 8.21. The molecule has 26 heavy (non-hydrogen) atoms. The summed E-state index contributed by atoms with van der Waals surface area (Å²) >= 11 is 0. The van der Waals surface area contributed by atoms with Gasteiger partial charge < -0.3 is 14.1 Å². The van der Waals surface area contributed by atoms with Crippen molar-refractivity contribution in [1.82, 2.24) is 15.1 Å². The third-order valence-corrected chi connectivity index (χ3v) is 4.19. The van der Waals surface area contributed by atoms with Gasteiger partial charge in [0.05, 0.1) is 5.92 Å². The molecule has 1 fully saturated rings. The standard InChI is InChI=1S/C17H18F3N3O3/c1-11-4-6-13(7-5-11)25-10-14(24)23-8-2-3-12(9-23)15-21-22-16(26-15)17(18,19)20/h4-7,12H,2-3,8-10H2,1H3. The first-order valence-electron chi connectivity index (χ1n) is 8.21. The maximum Gasteiger partial charge on any atom is 0.470 e. The van der Waals surface area contributed by atoms with Crippen molar-refractivity contribution in [3.05, 3.63) is 41.6 Å². The summed E-state index contributed by atoms with van der Waals surface area (Å²) in [6, 6.07) is 7.31. The number of ether oxygens (including phenoxy) is 1. The number of likely N-dealkylation sites (tertiary alicyclic amines) is 1. The van der Waals surface area contributed by atoms with Gasteiger partial charge in [-0.1, -0.05) is 17.7 Å². The van der Waals surface area contributed by atoms with Gasteiger partial charge >= 0.3 is 12.1 Å². The number of carbonyl (C=O) groups excluding carboxylic acids is 1. The smallest absolute Gasteiger partial charge is 0.470 e. The van der Waals surface area contributed by atoms with Crippen LogP contribution in [0.1, 0.15) is 36.1 Å². The van der Waals surface area contributed by atoms with E-state index >= 15 is 0 Å². The van der Waals surface area contributed by atoms with Crippen LogP contribution in [0.4, 0.5) is 13.2 Å². The van der Waals surface area contributed by atoms with Crippen LogP contribution in [0.3, 0.4) is 0 Å². The minimum atomic E-state index is -4.67. The Hall–Kier alpha value is -2.58. The summed E-state index contributed by atoms with van der Waals surface area (Å²) in [5, 5.41) is 6.54. The Morgan fingerprint density at radius 1 is 1.31 bits per heavy atom. The molecular formula is C17H18F3N3O3. The van der Waals surface area contributed by atoms with Crippen LogP contribution in [0.2, 0.25) is 0 Å². The van der Waals surface area contributed by atoms with E-state index in [1.807, 2.05) is 19.1 Å². The molecule has 0 N–H and O–H groups in total. The number of amides is 1. The van der Waals surface area contributed by atoms with Crippen LogP contribution in [-0.4, -0.2) is 40.7 Å². The molecule has 1 unspecified atom stereocenters. The molecule has 1 aliphatic rings. The molecule has 2 heterocycles. The molecule has 1 atom stereocenters. The maximum absolute atomic E-state index is 12.6. The van der Waals surface area contributed by atoms with Gasteiger partial charge in [0.1, 0.15) is 5.75 Å². The third kappa shape index (κ3) is 4.33. The largest absolute Gasteiger partial charge is 0.484 e. The normalized spacial score (nSPS) is 18.0. The summed E-state index contributed by atoms with van der Waals surface area (Å²) in [7, 11) is 0. The second-order valence-electron chi connectivity index (χ2n) is 6.22. The van der Waals surface area contributed by atoms with E-state index in [0.717, 1.165) is 5.56 Å². The minimum Gasteiger partial charge on any atom is -0.484 e. The van der Waals surface area contributed by atoms with Crippen molar-refractivity contribution in [1.29, 1.82) is 0 Å². The van der Waals surface area contributed by atoms with Crippen molar-refractivity contribution in [3.63, 3.8) is 0 Å². The molecule has 0 radical (unpaired) electrons. The lowest BCUT2D eigenvalue weighted by Gasteiger charge is -2.31. The number of halogens is 3. The summed E-state index contributed by atoms with van der Waals surface area (Å²) in [4.78, 5) is 13.9. The number of benzene rings is 1. The number of nitrogens with zero attached hydrogens (tertiary/aromatic N) is 3. The lowest BCUT2D eigenvalue weighted by molar-refractivity contribution is -0.157. The minimum absolute atomic E-state index is 0.0886. The topological polar surface area (TPSA) is 68.5 Å². The first-order chi connectivity index (χ1) is 12.3. The third-order valence-electron chi connectivity index (χ3n) is 4.19. The van der Waals surface area contributed by atoms with E-state index in [1.54, 1.807) is 17.0 Å². The van der Waals surface area contributed by atoms with Crippen molar-refractivity contribution < 1.29 is 27.1 Å². The molecule has 1 aromatic heterocycles. The lowest BCUT2D eigenvalue weighted by Crippen LogP contribution is -2.41. The molecule has 0 aliphatic carbocycles. The predicted octanol–water partition coefficient (Wildman–Crippen LogP) is 3.18. The van der Waals surface area contributed by atoms with Gasteiger partial charge in [-0.15, -0.1) is 10.2 Å². The Morgan fingerprint density at radius 2 is 2.04 bits per heavy atom. The fourth-order valence-electron chi connectivity index (χ4n) is 2.79. The zero-order chi connectivity index (χ0) is 18.7. The number of alkyl halides is 3. The van der Waals surface area contributed by atoms with Gasteiger partial charge in [-0.3, -0.25) is 4.79 Å². The van der Waals surface area contributed by atoms with E-state index in [1.165, 1.54) is 0 Å². The van der Waals surface area contributed by atoms with Crippen LogP contribution in [-0.2, 0) is 11.0 Å². The van der Waals surface area contributed by atoms with Gasteiger partial charge in [-0.2, -0.15) is 13.2 Å². The van der Waals surface area contributed by atoms with E-state index in [-0.39, 0.29) is 24.9 Å². The van der Waals surface area contributed by atoms with Crippen molar-refractivity contribution in [2.24, 2.45) is 0 Å². The zero-order valence-corrected chi connectivity index (χ0v) is 14.1. The quantitative estimate of drug-likeness (QED) is 0.828. The number of rotatable bonds is 4. The number of hydrogen-bond donors (Lipinski definition) is 0. The van der Waals surface area contributed by atoms with Crippen LogP contribution in [0.15, 0.2) is 28.7 Å². The summed E-state index contributed by atoms with van der Waals surface area (Å²) in [6.07, 6.45) is -3.44. The van der Waals surface area contributed by atoms with Gasteiger partial charge in [-0.05, 0) is 31.9 Å². The molecule has 0 spiro atoms. The SMILES string of the molecule is Cc1ccc(OCC(=O)N2CCCC(c3nnc(C(F)(F)F)o3)C2)cc1. The highest BCUT2D eigenvalue weighted by molar-refractivity contribution is 5.78. The Kier molecular flexibility index (Phi) is 5.15. The fourth-order valence-corrected chi connectivity index (χ4v) is 2.79. The predicted molar refractivity (Wildman–Crippen MR) is 84.5 cm³/mol. The van der Waals surface area contributed by atoms with Gasteiger partial charge in [0.25, 0.3) is 5.91 Å². The molecule has 3 rings (SSSR count). The zero-order valence-electron chi connectivity index (χ0n) is 14.1. The van der Waals surface area contributed by atoms with Gasteiger partial charge in [0, 0.05) is 13.1 Å². The number of hydrogen-bond acceptors (Lipinski definition) is 5. The summed E-state index contributed by atoms with van der Waals surface area (Å²) in [5.74, 6) is -1.50. The van der Waals surface area contributed by atoms with E-state index in [2.05, 4.69) is 10.2 Å². The molecule has 1 aromatic carbocycles. The Balaban J connectivity index is 1.58. The second kappa shape index (κ2) is 7.35. The number of carbonyl (C=O) groups is 1. The first kappa shape index (κ1) is 18.2. The molecule has 1 amide bonds. The summed E-state index contributed by atoms with van der Waals surface area (Å²) in [6.45, 7) is 2.57. The van der Waals surface area contributed by atoms with Crippen molar-refractivity contribution in [2.45, 2.75) is 31.9 Å². The average molecular weight is 369 g/mol. The molecule has 0 saturated carbocycles. The van der Waals surface area contributed by atoms with Gasteiger partial charge in [-0.25, -0.2) is 0 Å². The molecular weight excluding hydrogens is 351 g/mol. The molecule has 1 aliphatic heterocycles. The van der Waals surface area contributed by atoms with Crippen LogP contribution >= 0.6 is 0 Å². The Bertz CT molecular complexity index is 759. The van der Waals surface area contributed by atoms with Crippen molar-refractivity contribution >= 4 is 5.91 Å². The van der Waals surface area contributed by atoms with Crippen molar-refractivity contribution in [3.8, 4) is 5.75 Å². The number of piperidine rings is 1. The van der Waals surface area contributed by atoms with Crippen LogP contribution < -0.4 is 4.74 Å². The Labute approximate surface area is 148 Å². The summed E-state index contributed by atoms with van der Waals surface area (Å²) in [5.41, 5.74) is 1.08. The lowest BCUT2D eigenvalue weighted by atomic mass is 9.98. The number of aryl methyl sites for hydroxylation is 1. The molecule has 0 bridgehead atoms. The molecule has 1 saturated heterocycles. The fraction of sp³-hybridized carbons (Fsp3) is 0.471. The van der Waals surface area contributed by atoms with Crippen molar-refractivity contribution in [2.75, 3.05) is 19.7 Å². The van der Waals surface area contributed by atoms with Gasteiger partial charge in [0.15, 0.2) is 6.61 Å². The number of aromatic nitrogens is 2. The maximum atomic E-state index is 12.6. The van der Waals surface area contributed by atoms with Gasteiger partial charge in [0.2, 0.25) is 5.89 Å². The van der Waals surface area contributed by atoms with E-state index in [4.69, 9.17) is 9.15 Å². The molecule has 9 heteroatoms. The van der Waals surface area contributed by atoms with E-state index in [0.29, 0.717) is 25.1 Å². The highest BCUT2D eigenvalue weighted by Crippen LogP contribution is 2.32. The highest BCUT2D eigenvalue weighted by Gasteiger charge is 2.39. The monoisotopic (exact) mass is 369 g/mol. The van der Waals surface area contributed by atoms with E-state index in [9.17, 15) is 18.0 Å². The highest BCUT2D eigenvalue weighted by atomic mass is 19.4. The molecule has 2 aromatic rings. The van der Waals surface area contributed by atoms with Crippen LogP contribution in [0.25, 0.3) is 0 Å². The van der Waals surface area contributed by atoms with E-state index < -0.39 is 18.0 Å². The molecule has 6 nitrogen and oxygen atoms in total. The average Bonchev–Trinajstić information content (AvgIpc) is 3.12.